The Morgan fingerprint density at radius 3 is 2.00 bits per heavy atom. The molecule has 40 heavy (non-hydrogen) atoms. The van der Waals surface area contributed by atoms with Gasteiger partial charge in [0.1, 0.15) is 12.6 Å². The summed E-state index contributed by atoms with van der Waals surface area (Å²) in [6, 6.07) is 21.0. The molecule has 0 heterocycles. The molecule has 7 nitrogen and oxygen atoms in total. The molecule has 214 valence electrons. The van der Waals surface area contributed by atoms with Crippen LogP contribution in [-0.2, 0) is 26.0 Å². The number of rotatable bonds is 12. The van der Waals surface area contributed by atoms with Gasteiger partial charge >= 0.3 is 0 Å². The molecule has 0 aliphatic rings. The summed E-state index contributed by atoms with van der Waals surface area (Å²) in [5.74, 6) is -0.685. The first-order valence-electron chi connectivity index (χ1n) is 13.7. The van der Waals surface area contributed by atoms with E-state index in [4.69, 9.17) is 0 Å². The van der Waals surface area contributed by atoms with Crippen molar-refractivity contribution in [2.75, 3.05) is 17.4 Å². The van der Waals surface area contributed by atoms with Crippen molar-refractivity contribution in [2.24, 2.45) is 0 Å². The molecule has 2 amide bonds. The first-order chi connectivity index (χ1) is 18.9. The van der Waals surface area contributed by atoms with Crippen molar-refractivity contribution < 1.29 is 18.0 Å². The summed E-state index contributed by atoms with van der Waals surface area (Å²) in [5, 5.41) is 2.92. The number of sulfonamides is 1. The highest BCUT2D eigenvalue weighted by molar-refractivity contribution is 7.92. The van der Waals surface area contributed by atoms with Gasteiger partial charge in [-0.3, -0.25) is 13.9 Å². The topological polar surface area (TPSA) is 86.8 Å². The largest absolute Gasteiger partial charge is 0.352 e. The minimum absolute atomic E-state index is 0.0960. The van der Waals surface area contributed by atoms with Gasteiger partial charge in [-0.2, -0.15) is 0 Å². The number of carbonyl (C=O) groups is 2. The van der Waals surface area contributed by atoms with Crippen LogP contribution in [0.1, 0.15) is 49.4 Å². The van der Waals surface area contributed by atoms with Crippen molar-refractivity contribution in [1.82, 2.24) is 10.2 Å². The predicted octanol–water partition coefficient (Wildman–Crippen LogP) is 5.18. The van der Waals surface area contributed by atoms with E-state index in [9.17, 15) is 18.0 Å². The lowest BCUT2D eigenvalue weighted by atomic mass is 10.1. The van der Waals surface area contributed by atoms with Crippen molar-refractivity contribution in [3.63, 3.8) is 0 Å². The Hall–Kier alpha value is -3.65. The summed E-state index contributed by atoms with van der Waals surface area (Å²) in [5.41, 5.74) is 4.14. The lowest BCUT2D eigenvalue weighted by Crippen LogP contribution is -2.54. The molecular formula is C32H41N3O4S. The van der Waals surface area contributed by atoms with E-state index in [2.05, 4.69) is 5.32 Å². The molecule has 1 N–H and O–H groups in total. The maximum absolute atomic E-state index is 14.1. The van der Waals surface area contributed by atoms with Crippen LogP contribution in [0.4, 0.5) is 5.69 Å². The van der Waals surface area contributed by atoms with Crippen LogP contribution in [0, 0.1) is 20.8 Å². The molecule has 8 heteroatoms. The summed E-state index contributed by atoms with van der Waals surface area (Å²) in [7, 11) is -4.09. The van der Waals surface area contributed by atoms with E-state index in [1.807, 2.05) is 77.9 Å². The molecule has 0 aromatic heterocycles. The number of benzene rings is 3. The highest BCUT2D eigenvalue weighted by atomic mass is 32.2. The van der Waals surface area contributed by atoms with E-state index in [0.29, 0.717) is 18.5 Å². The number of amides is 2. The molecule has 0 fully saturated rings. The third-order valence-corrected chi connectivity index (χ3v) is 8.47. The SMILES string of the molecule is CCC(C(=O)NC(C)C)N(CCc1ccccc1)C(=O)CN(c1cc(C)cc(C)c1)S(=O)(=O)c1ccc(C)cc1. The molecule has 0 aliphatic carbocycles. The minimum atomic E-state index is -4.09. The van der Waals surface area contributed by atoms with Gasteiger partial charge in [0.15, 0.2) is 0 Å². The van der Waals surface area contributed by atoms with Gasteiger partial charge in [0, 0.05) is 12.6 Å². The molecule has 0 radical (unpaired) electrons. The van der Waals surface area contributed by atoms with Crippen LogP contribution >= 0.6 is 0 Å². The fourth-order valence-corrected chi connectivity index (χ4v) is 6.14. The first-order valence-corrected chi connectivity index (χ1v) is 15.2. The summed E-state index contributed by atoms with van der Waals surface area (Å²) in [6.07, 6.45) is 0.930. The highest BCUT2D eigenvalue weighted by Gasteiger charge is 2.33. The fraction of sp³-hybridized carbons (Fsp3) is 0.375. The number of hydrogen-bond acceptors (Lipinski definition) is 4. The van der Waals surface area contributed by atoms with Gasteiger partial charge < -0.3 is 10.2 Å². The van der Waals surface area contributed by atoms with E-state index in [1.165, 1.54) is 9.21 Å². The van der Waals surface area contributed by atoms with Crippen molar-refractivity contribution in [3.05, 3.63) is 95.1 Å². The van der Waals surface area contributed by atoms with Crippen LogP contribution in [0.3, 0.4) is 0 Å². The highest BCUT2D eigenvalue weighted by Crippen LogP contribution is 2.27. The van der Waals surface area contributed by atoms with Crippen molar-refractivity contribution >= 4 is 27.5 Å². The summed E-state index contributed by atoms with van der Waals surface area (Å²) in [6.45, 7) is 11.1. The van der Waals surface area contributed by atoms with E-state index < -0.39 is 28.5 Å². The summed E-state index contributed by atoms with van der Waals surface area (Å²) in [4.78, 5) is 28.9. The standard InChI is InChI=1S/C32H41N3O4S/c1-7-30(32(37)33-23(2)3)34(18-17-27-11-9-8-10-12-27)31(36)22-35(28-20-25(5)19-26(6)21-28)40(38,39)29-15-13-24(4)14-16-29/h8-16,19-21,23,30H,7,17-18,22H2,1-6H3,(H,33,37). The Morgan fingerprint density at radius 1 is 0.850 bits per heavy atom. The number of nitrogens with one attached hydrogen (secondary N) is 1. The predicted molar refractivity (Wildman–Crippen MR) is 161 cm³/mol. The van der Waals surface area contributed by atoms with Gasteiger partial charge in [0.25, 0.3) is 10.0 Å². The number of aryl methyl sites for hydroxylation is 3. The van der Waals surface area contributed by atoms with Crippen LogP contribution in [0.2, 0.25) is 0 Å². The molecule has 1 atom stereocenters. The monoisotopic (exact) mass is 563 g/mol. The van der Waals surface area contributed by atoms with E-state index in [1.54, 1.807) is 36.4 Å². The van der Waals surface area contributed by atoms with E-state index >= 15 is 0 Å². The van der Waals surface area contributed by atoms with Crippen molar-refractivity contribution in [3.8, 4) is 0 Å². The molecule has 0 bridgehead atoms. The Morgan fingerprint density at radius 2 is 1.45 bits per heavy atom. The van der Waals surface area contributed by atoms with Crippen LogP contribution in [0.25, 0.3) is 0 Å². The lowest BCUT2D eigenvalue weighted by molar-refractivity contribution is -0.139. The average molecular weight is 564 g/mol. The van der Waals surface area contributed by atoms with Gasteiger partial charge in [-0.25, -0.2) is 8.42 Å². The second kappa shape index (κ2) is 13.6. The number of carbonyl (C=O) groups excluding carboxylic acids is 2. The van der Waals surface area contributed by atoms with E-state index in [0.717, 1.165) is 22.3 Å². The lowest BCUT2D eigenvalue weighted by Gasteiger charge is -2.33. The Bertz CT molecular complexity index is 1380. The van der Waals surface area contributed by atoms with Gasteiger partial charge in [-0.15, -0.1) is 0 Å². The van der Waals surface area contributed by atoms with Crippen LogP contribution in [0.5, 0.6) is 0 Å². The normalized spacial score (nSPS) is 12.2. The quantitative estimate of drug-likeness (QED) is 0.329. The van der Waals surface area contributed by atoms with Gasteiger partial charge in [0.2, 0.25) is 11.8 Å². The van der Waals surface area contributed by atoms with Gasteiger partial charge in [-0.1, -0.05) is 61.0 Å². The minimum Gasteiger partial charge on any atom is -0.352 e. The van der Waals surface area contributed by atoms with Crippen LogP contribution in [0.15, 0.2) is 77.7 Å². The fourth-order valence-electron chi connectivity index (χ4n) is 4.74. The zero-order chi connectivity index (χ0) is 29.4. The molecule has 0 aliphatic heterocycles. The maximum Gasteiger partial charge on any atom is 0.264 e. The van der Waals surface area contributed by atoms with Crippen LogP contribution < -0.4 is 9.62 Å². The van der Waals surface area contributed by atoms with Crippen LogP contribution in [-0.4, -0.2) is 50.3 Å². The molecule has 3 rings (SSSR count). The molecule has 0 saturated carbocycles. The maximum atomic E-state index is 14.1. The molecule has 0 saturated heterocycles. The van der Waals surface area contributed by atoms with Crippen molar-refractivity contribution in [2.45, 2.75) is 71.4 Å². The molecule has 0 spiro atoms. The zero-order valence-corrected chi connectivity index (χ0v) is 25.2. The number of anilines is 1. The third-order valence-electron chi connectivity index (χ3n) is 6.68. The molecule has 3 aromatic rings. The summed E-state index contributed by atoms with van der Waals surface area (Å²) < 4.78 is 29.2. The Balaban J connectivity index is 2.04. The molecular weight excluding hydrogens is 522 g/mol. The number of nitrogens with zero attached hydrogens (tertiary/aromatic N) is 2. The zero-order valence-electron chi connectivity index (χ0n) is 24.3. The van der Waals surface area contributed by atoms with Crippen molar-refractivity contribution in [1.29, 1.82) is 0 Å². The van der Waals surface area contributed by atoms with Gasteiger partial charge in [0.05, 0.1) is 10.6 Å². The van der Waals surface area contributed by atoms with Gasteiger partial charge in [-0.05, 0) is 88.4 Å². The molecule has 1 unspecified atom stereocenters. The molecule has 3 aromatic carbocycles. The summed E-state index contributed by atoms with van der Waals surface area (Å²) >= 11 is 0. The number of hydrogen-bond donors (Lipinski definition) is 1. The smallest absolute Gasteiger partial charge is 0.264 e. The Kier molecular flexibility index (Phi) is 10.5. The third kappa shape index (κ3) is 7.94. The average Bonchev–Trinajstić information content (AvgIpc) is 2.89. The van der Waals surface area contributed by atoms with E-state index in [-0.39, 0.29) is 23.4 Å². The second-order valence-electron chi connectivity index (χ2n) is 10.6. The Labute approximate surface area is 239 Å². The first kappa shape index (κ1) is 30.9. The second-order valence-corrected chi connectivity index (χ2v) is 12.4.